The van der Waals surface area contributed by atoms with Crippen LogP contribution in [0.5, 0.6) is 5.75 Å². The Labute approximate surface area is 127 Å². The summed E-state index contributed by atoms with van der Waals surface area (Å²) < 4.78 is 5.45. The molecule has 7 heteroatoms. The van der Waals surface area contributed by atoms with Crippen LogP contribution in [0.25, 0.3) is 0 Å². The van der Waals surface area contributed by atoms with Crippen LogP contribution >= 0.6 is 11.8 Å². The minimum Gasteiger partial charge on any atom is -0.479 e. The number of nitrogens with two attached hydrogens (primary N) is 1. The fraction of sp³-hybridized carbons (Fsp3) is 0.429. The molecule has 2 atom stereocenters. The van der Waals surface area contributed by atoms with Crippen molar-refractivity contribution in [2.24, 2.45) is 5.73 Å². The quantitative estimate of drug-likeness (QED) is 0.765. The van der Waals surface area contributed by atoms with Crippen LogP contribution in [-0.2, 0) is 9.59 Å². The first kappa shape index (κ1) is 15.7. The van der Waals surface area contributed by atoms with E-state index in [1.54, 1.807) is 36.9 Å². The van der Waals surface area contributed by atoms with Gasteiger partial charge in [-0.25, -0.2) is 0 Å². The van der Waals surface area contributed by atoms with Gasteiger partial charge in [-0.15, -0.1) is 0 Å². The largest absolute Gasteiger partial charge is 0.479 e. The molecule has 1 aromatic rings. The van der Waals surface area contributed by atoms with Gasteiger partial charge in [0.25, 0.3) is 5.91 Å². The number of carbonyl (C=O) groups excluding carboxylic acids is 2. The number of hydrogen-bond donors (Lipinski definition) is 3. The first-order valence-corrected chi connectivity index (χ1v) is 8.07. The van der Waals surface area contributed by atoms with Gasteiger partial charge in [-0.1, -0.05) is 0 Å². The first-order valence-electron chi connectivity index (χ1n) is 6.68. The molecular formula is C14H19N3O3S. The van der Waals surface area contributed by atoms with Gasteiger partial charge < -0.3 is 21.1 Å². The normalized spacial score (nSPS) is 18.2. The van der Waals surface area contributed by atoms with E-state index in [-0.39, 0.29) is 11.8 Å². The maximum atomic E-state index is 11.9. The number of carbonyl (C=O) groups is 2. The average Bonchev–Trinajstić information content (AvgIpc) is 2.46. The van der Waals surface area contributed by atoms with E-state index in [0.717, 1.165) is 5.75 Å². The predicted molar refractivity (Wildman–Crippen MR) is 84.8 cm³/mol. The highest BCUT2D eigenvalue weighted by atomic mass is 32.2. The van der Waals surface area contributed by atoms with E-state index in [9.17, 15) is 9.59 Å². The molecule has 0 saturated carbocycles. The first-order chi connectivity index (χ1) is 10.0. The molecule has 1 aliphatic heterocycles. The highest BCUT2D eigenvalue weighted by molar-refractivity contribution is 7.98. The van der Waals surface area contributed by atoms with Crippen molar-refractivity contribution in [3.8, 4) is 5.75 Å². The third kappa shape index (κ3) is 3.89. The molecule has 0 saturated heterocycles. The van der Waals surface area contributed by atoms with Crippen molar-refractivity contribution in [3.63, 3.8) is 0 Å². The van der Waals surface area contributed by atoms with E-state index in [4.69, 9.17) is 10.5 Å². The van der Waals surface area contributed by atoms with E-state index in [2.05, 4.69) is 10.6 Å². The maximum Gasteiger partial charge on any atom is 0.265 e. The van der Waals surface area contributed by atoms with Gasteiger partial charge in [0.05, 0.1) is 11.7 Å². The molecule has 2 amide bonds. The number of benzene rings is 1. The third-order valence-electron chi connectivity index (χ3n) is 3.15. The lowest BCUT2D eigenvalue weighted by Crippen LogP contribution is -2.36. The molecule has 1 unspecified atom stereocenters. The number of fused-ring (bicyclic) bond motifs is 1. The monoisotopic (exact) mass is 309 g/mol. The summed E-state index contributed by atoms with van der Waals surface area (Å²) in [6.45, 7) is 1.68. The molecule has 6 nitrogen and oxygen atoms in total. The van der Waals surface area contributed by atoms with E-state index >= 15 is 0 Å². The summed E-state index contributed by atoms with van der Waals surface area (Å²) in [5.74, 6) is 0.982. The standard InChI is InChI=1S/C14H19N3O3S/c1-8-13(18)17-11-7-9(3-4-12(11)20-8)16-14(19)10(15)5-6-21-2/h3-4,7-8,10H,5-6,15H2,1-2H3,(H,16,19)(H,17,18)/t8?,10-/m1/s1. The summed E-state index contributed by atoms with van der Waals surface area (Å²) >= 11 is 1.65. The van der Waals surface area contributed by atoms with Gasteiger partial charge in [0.1, 0.15) is 5.75 Å². The minimum absolute atomic E-state index is 0.206. The fourth-order valence-electron chi connectivity index (χ4n) is 1.90. The fourth-order valence-corrected chi connectivity index (χ4v) is 2.39. The van der Waals surface area contributed by atoms with Crippen LogP contribution in [0.2, 0.25) is 0 Å². The average molecular weight is 309 g/mol. The summed E-state index contributed by atoms with van der Waals surface area (Å²) in [5.41, 5.74) is 6.94. The summed E-state index contributed by atoms with van der Waals surface area (Å²) in [6.07, 6.45) is 2.07. The van der Waals surface area contributed by atoms with Crippen LogP contribution in [-0.4, -0.2) is 36.0 Å². The summed E-state index contributed by atoms with van der Waals surface area (Å²) in [6, 6.07) is 4.56. The van der Waals surface area contributed by atoms with Gasteiger partial charge in [0.2, 0.25) is 5.91 Å². The zero-order chi connectivity index (χ0) is 15.4. The summed E-state index contributed by atoms with van der Waals surface area (Å²) in [7, 11) is 0. The van der Waals surface area contributed by atoms with Gasteiger partial charge in [0, 0.05) is 5.69 Å². The number of rotatable bonds is 5. The molecule has 114 valence electrons. The Kier molecular flexibility index (Phi) is 5.08. The molecule has 0 bridgehead atoms. The number of anilines is 2. The van der Waals surface area contributed by atoms with Crippen molar-refractivity contribution in [2.75, 3.05) is 22.6 Å². The zero-order valence-corrected chi connectivity index (χ0v) is 12.8. The van der Waals surface area contributed by atoms with Gasteiger partial charge in [-0.2, -0.15) is 11.8 Å². The predicted octanol–water partition coefficient (Wildman–Crippen LogP) is 1.42. The van der Waals surface area contributed by atoms with Gasteiger partial charge >= 0.3 is 0 Å². The minimum atomic E-state index is -0.542. The van der Waals surface area contributed by atoms with Crippen molar-refractivity contribution < 1.29 is 14.3 Å². The molecule has 1 aliphatic rings. The SMILES string of the molecule is CSCC[C@@H](N)C(=O)Nc1ccc2c(c1)NC(=O)C(C)O2. The van der Waals surface area contributed by atoms with E-state index in [0.29, 0.717) is 23.5 Å². The molecule has 4 N–H and O–H groups in total. The molecule has 2 rings (SSSR count). The Morgan fingerprint density at radius 3 is 3.05 bits per heavy atom. The van der Waals surface area contributed by atoms with Crippen LogP contribution < -0.4 is 21.1 Å². The van der Waals surface area contributed by atoms with E-state index < -0.39 is 12.1 Å². The molecular weight excluding hydrogens is 290 g/mol. The van der Waals surface area contributed by atoms with Crippen LogP contribution in [0.1, 0.15) is 13.3 Å². The zero-order valence-electron chi connectivity index (χ0n) is 12.0. The third-order valence-corrected chi connectivity index (χ3v) is 3.79. The molecule has 0 aromatic heterocycles. The van der Waals surface area contributed by atoms with Gasteiger partial charge in [0.15, 0.2) is 6.10 Å². The summed E-state index contributed by atoms with van der Waals surface area (Å²) in [5, 5.41) is 5.48. The van der Waals surface area contributed by atoms with Crippen molar-refractivity contribution in [1.82, 2.24) is 0 Å². The van der Waals surface area contributed by atoms with Crippen molar-refractivity contribution in [3.05, 3.63) is 18.2 Å². The Morgan fingerprint density at radius 2 is 2.33 bits per heavy atom. The van der Waals surface area contributed by atoms with Crippen LogP contribution in [0.3, 0.4) is 0 Å². The molecule has 1 aromatic carbocycles. The molecule has 0 spiro atoms. The Morgan fingerprint density at radius 1 is 1.57 bits per heavy atom. The lowest BCUT2D eigenvalue weighted by molar-refractivity contribution is -0.122. The highest BCUT2D eigenvalue weighted by Gasteiger charge is 2.24. The van der Waals surface area contributed by atoms with Crippen LogP contribution in [0.4, 0.5) is 11.4 Å². The second-order valence-electron chi connectivity index (χ2n) is 4.84. The van der Waals surface area contributed by atoms with Crippen LogP contribution in [0, 0.1) is 0 Å². The topological polar surface area (TPSA) is 93.5 Å². The van der Waals surface area contributed by atoms with Gasteiger partial charge in [-0.3, -0.25) is 9.59 Å². The second kappa shape index (κ2) is 6.82. The van der Waals surface area contributed by atoms with E-state index in [1.807, 2.05) is 6.26 Å². The van der Waals surface area contributed by atoms with E-state index in [1.165, 1.54) is 0 Å². The number of ether oxygens (including phenoxy) is 1. The lowest BCUT2D eigenvalue weighted by atomic mass is 10.2. The number of hydrogen-bond acceptors (Lipinski definition) is 5. The highest BCUT2D eigenvalue weighted by Crippen LogP contribution is 2.32. The lowest BCUT2D eigenvalue weighted by Gasteiger charge is -2.23. The van der Waals surface area contributed by atoms with Crippen molar-refractivity contribution >= 4 is 35.0 Å². The smallest absolute Gasteiger partial charge is 0.265 e. The van der Waals surface area contributed by atoms with Crippen molar-refractivity contribution in [1.29, 1.82) is 0 Å². The Balaban J connectivity index is 2.04. The van der Waals surface area contributed by atoms with Crippen molar-refractivity contribution in [2.45, 2.75) is 25.5 Å². The maximum absolute atomic E-state index is 11.9. The second-order valence-corrected chi connectivity index (χ2v) is 5.82. The Bertz CT molecular complexity index is 550. The van der Waals surface area contributed by atoms with Crippen LogP contribution in [0.15, 0.2) is 18.2 Å². The number of thioether (sulfide) groups is 1. The molecule has 21 heavy (non-hydrogen) atoms. The van der Waals surface area contributed by atoms with Gasteiger partial charge in [-0.05, 0) is 43.6 Å². The molecule has 0 fully saturated rings. The molecule has 1 heterocycles. The summed E-state index contributed by atoms with van der Waals surface area (Å²) in [4.78, 5) is 23.5. The number of nitrogens with one attached hydrogen (secondary N) is 2. The number of amides is 2. The molecule has 0 aliphatic carbocycles. The Hall–Kier alpha value is -1.73. The molecule has 0 radical (unpaired) electrons.